The van der Waals surface area contributed by atoms with E-state index in [2.05, 4.69) is 9.80 Å². The topological polar surface area (TPSA) is 35.9 Å². The molecule has 1 aromatic carbocycles. The molecule has 0 radical (unpaired) electrons. The van der Waals surface area contributed by atoms with E-state index in [1.54, 1.807) is 6.07 Å². The lowest BCUT2D eigenvalue weighted by Gasteiger charge is -2.29. The Morgan fingerprint density at radius 2 is 2.05 bits per heavy atom. The van der Waals surface area contributed by atoms with Crippen LogP contribution in [-0.2, 0) is 11.3 Å². The van der Waals surface area contributed by atoms with Crippen molar-refractivity contribution in [1.82, 2.24) is 9.80 Å². The minimum absolute atomic E-state index is 0.0964. The molecule has 0 aromatic heterocycles. The third kappa shape index (κ3) is 5.52. The lowest BCUT2D eigenvalue weighted by molar-refractivity contribution is 0.0320. The van der Waals surface area contributed by atoms with Crippen LogP contribution in [-0.4, -0.2) is 67.5 Å². The average molecular weight is 317 g/mol. The summed E-state index contributed by atoms with van der Waals surface area (Å²) in [5.74, 6) is -0.397. The van der Waals surface area contributed by atoms with Gasteiger partial charge in [0.05, 0.1) is 24.8 Å². The molecule has 118 valence electrons. The molecule has 1 saturated heterocycles. The molecule has 2 rings (SSSR count). The Hall–Kier alpha value is -0.720. The first-order valence-corrected chi connectivity index (χ1v) is 7.64. The summed E-state index contributed by atoms with van der Waals surface area (Å²) in [6.07, 6.45) is 0. The fourth-order valence-electron chi connectivity index (χ4n) is 2.42. The van der Waals surface area contributed by atoms with E-state index in [1.165, 1.54) is 6.07 Å². The highest BCUT2D eigenvalue weighted by Gasteiger charge is 2.13. The first-order chi connectivity index (χ1) is 10.2. The van der Waals surface area contributed by atoms with Gasteiger partial charge in [0.2, 0.25) is 0 Å². The fourth-order valence-corrected chi connectivity index (χ4v) is 2.53. The second-order valence-corrected chi connectivity index (χ2v) is 5.61. The van der Waals surface area contributed by atoms with Crippen LogP contribution in [0, 0.1) is 5.82 Å². The zero-order valence-corrected chi connectivity index (χ0v) is 12.9. The van der Waals surface area contributed by atoms with Gasteiger partial charge >= 0.3 is 0 Å². The van der Waals surface area contributed by atoms with Crippen LogP contribution in [0.15, 0.2) is 18.2 Å². The first kappa shape index (κ1) is 16.6. The summed E-state index contributed by atoms with van der Waals surface area (Å²) in [6.45, 7) is 6.51. The highest BCUT2D eigenvalue weighted by atomic mass is 35.5. The van der Waals surface area contributed by atoms with Gasteiger partial charge in [0.25, 0.3) is 0 Å². The SMILES string of the molecule is OCCN(CCN1CCOCC1)Cc1ccc(Cl)c(F)c1. The quantitative estimate of drug-likeness (QED) is 0.829. The lowest BCUT2D eigenvalue weighted by Crippen LogP contribution is -2.41. The fraction of sp³-hybridized carbons (Fsp3) is 0.600. The maximum Gasteiger partial charge on any atom is 0.142 e. The highest BCUT2D eigenvalue weighted by molar-refractivity contribution is 6.30. The molecule has 1 fully saturated rings. The van der Waals surface area contributed by atoms with Gasteiger partial charge in [-0.3, -0.25) is 9.80 Å². The molecule has 0 aliphatic carbocycles. The molecule has 0 spiro atoms. The number of hydrogen-bond acceptors (Lipinski definition) is 4. The third-order valence-electron chi connectivity index (χ3n) is 3.64. The monoisotopic (exact) mass is 316 g/mol. The Bertz CT molecular complexity index is 442. The van der Waals surface area contributed by atoms with Crippen LogP contribution in [0.5, 0.6) is 0 Å². The molecule has 1 aromatic rings. The molecule has 1 N–H and O–H groups in total. The van der Waals surface area contributed by atoms with Gasteiger partial charge in [-0.2, -0.15) is 0 Å². The van der Waals surface area contributed by atoms with Crippen LogP contribution < -0.4 is 0 Å². The molecule has 6 heteroatoms. The van der Waals surface area contributed by atoms with Crippen LogP contribution >= 0.6 is 11.6 Å². The number of halogens is 2. The molecule has 1 aliphatic heterocycles. The Balaban J connectivity index is 1.86. The van der Waals surface area contributed by atoms with Gasteiger partial charge in [-0.05, 0) is 17.7 Å². The van der Waals surface area contributed by atoms with Crippen molar-refractivity contribution in [2.75, 3.05) is 52.5 Å². The smallest absolute Gasteiger partial charge is 0.142 e. The van der Waals surface area contributed by atoms with Crippen molar-refractivity contribution in [3.05, 3.63) is 34.6 Å². The van der Waals surface area contributed by atoms with Crippen molar-refractivity contribution >= 4 is 11.6 Å². The Kier molecular flexibility index (Phi) is 6.86. The van der Waals surface area contributed by atoms with E-state index < -0.39 is 5.82 Å². The van der Waals surface area contributed by atoms with Gasteiger partial charge in [-0.15, -0.1) is 0 Å². The second kappa shape index (κ2) is 8.66. The van der Waals surface area contributed by atoms with Crippen molar-refractivity contribution < 1.29 is 14.2 Å². The molecular weight excluding hydrogens is 295 g/mol. The number of morpholine rings is 1. The summed E-state index contributed by atoms with van der Waals surface area (Å²) < 4.78 is 18.8. The van der Waals surface area contributed by atoms with Crippen molar-refractivity contribution in [3.8, 4) is 0 Å². The summed E-state index contributed by atoms with van der Waals surface area (Å²) in [5.41, 5.74) is 0.868. The van der Waals surface area contributed by atoms with Crippen molar-refractivity contribution in [1.29, 1.82) is 0 Å². The molecule has 0 bridgehead atoms. The van der Waals surface area contributed by atoms with Crippen molar-refractivity contribution in [2.24, 2.45) is 0 Å². The molecule has 4 nitrogen and oxygen atoms in total. The van der Waals surface area contributed by atoms with Crippen molar-refractivity contribution in [2.45, 2.75) is 6.54 Å². The number of aliphatic hydroxyl groups is 1. The summed E-state index contributed by atoms with van der Waals surface area (Å²) in [4.78, 5) is 4.47. The Morgan fingerprint density at radius 3 is 2.71 bits per heavy atom. The Labute approximate surface area is 130 Å². The zero-order chi connectivity index (χ0) is 15.1. The highest BCUT2D eigenvalue weighted by Crippen LogP contribution is 2.16. The minimum atomic E-state index is -0.397. The van der Waals surface area contributed by atoms with Crippen LogP contribution in [0.2, 0.25) is 5.02 Å². The Morgan fingerprint density at radius 1 is 1.29 bits per heavy atom. The summed E-state index contributed by atoms with van der Waals surface area (Å²) in [6, 6.07) is 4.86. The summed E-state index contributed by atoms with van der Waals surface area (Å²) >= 11 is 5.69. The van der Waals surface area contributed by atoms with Gasteiger partial charge in [0, 0.05) is 39.3 Å². The molecule has 0 unspecified atom stereocenters. The molecule has 0 atom stereocenters. The predicted molar refractivity (Wildman–Crippen MR) is 81.0 cm³/mol. The van der Waals surface area contributed by atoms with E-state index in [9.17, 15) is 9.50 Å². The second-order valence-electron chi connectivity index (χ2n) is 5.20. The zero-order valence-electron chi connectivity index (χ0n) is 12.1. The van der Waals surface area contributed by atoms with Gasteiger partial charge in [-0.1, -0.05) is 17.7 Å². The van der Waals surface area contributed by atoms with E-state index >= 15 is 0 Å². The van der Waals surface area contributed by atoms with Crippen LogP contribution in [0.25, 0.3) is 0 Å². The first-order valence-electron chi connectivity index (χ1n) is 7.26. The number of aliphatic hydroxyl groups excluding tert-OH is 1. The van der Waals surface area contributed by atoms with Crippen LogP contribution in [0.3, 0.4) is 0 Å². The van der Waals surface area contributed by atoms with E-state index in [0.29, 0.717) is 13.1 Å². The predicted octanol–water partition coefficient (Wildman–Crippen LogP) is 1.61. The van der Waals surface area contributed by atoms with Gasteiger partial charge in [0.15, 0.2) is 0 Å². The molecule has 1 aliphatic rings. The third-order valence-corrected chi connectivity index (χ3v) is 3.95. The van der Waals surface area contributed by atoms with E-state index in [0.717, 1.165) is 45.0 Å². The number of rotatable bonds is 7. The van der Waals surface area contributed by atoms with Crippen LogP contribution in [0.1, 0.15) is 5.56 Å². The molecule has 21 heavy (non-hydrogen) atoms. The standard InChI is InChI=1S/C15H22ClFN2O2/c16-14-2-1-13(11-15(14)17)12-19(5-8-20)4-3-18-6-9-21-10-7-18/h1-2,11,20H,3-10,12H2. The minimum Gasteiger partial charge on any atom is -0.395 e. The molecule has 0 amide bonds. The van der Waals surface area contributed by atoms with E-state index in [1.807, 2.05) is 6.07 Å². The maximum atomic E-state index is 13.5. The van der Waals surface area contributed by atoms with E-state index in [-0.39, 0.29) is 11.6 Å². The number of hydrogen-bond donors (Lipinski definition) is 1. The van der Waals surface area contributed by atoms with Gasteiger partial charge in [0.1, 0.15) is 5.82 Å². The maximum absolute atomic E-state index is 13.5. The van der Waals surface area contributed by atoms with Gasteiger partial charge < -0.3 is 9.84 Å². The molecule has 1 heterocycles. The molecular formula is C15H22ClFN2O2. The van der Waals surface area contributed by atoms with Gasteiger partial charge in [-0.25, -0.2) is 4.39 Å². The van der Waals surface area contributed by atoms with E-state index in [4.69, 9.17) is 16.3 Å². The summed E-state index contributed by atoms with van der Waals surface area (Å²) in [7, 11) is 0. The van der Waals surface area contributed by atoms with Crippen LogP contribution in [0.4, 0.5) is 4.39 Å². The summed E-state index contributed by atoms with van der Waals surface area (Å²) in [5, 5.41) is 9.32. The lowest BCUT2D eigenvalue weighted by atomic mass is 10.2. The normalized spacial score (nSPS) is 16.6. The van der Waals surface area contributed by atoms with Crippen molar-refractivity contribution in [3.63, 3.8) is 0 Å². The average Bonchev–Trinajstić information content (AvgIpc) is 2.50. The number of nitrogens with zero attached hydrogens (tertiary/aromatic N) is 2. The largest absolute Gasteiger partial charge is 0.395 e. The molecule has 0 saturated carbocycles. The number of benzene rings is 1. The number of ether oxygens (including phenoxy) is 1.